The number of rotatable bonds is 5. The van der Waals surface area contributed by atoms with Gasteiger partial charge in [0.15, 0.2) is 0 Å². The first-order chi connectivity index (χ1) is 8.82. The molecule has 19 heavy (non-hydrogen) atoms. The van der Waals surface area contributed by atoms with Crippen molar-refractivity contribution in [1.29, 1.82) is 5.26 Å². The molecule has 0 bridgehead atoms. The highest BCUT2D eigenvalue weighted by Crippen LogP contribution is 2.35. The van der Waals surface area contributed by atoms with E-state index in [4.69, 9.17) is 10.00 Å². The SMILES string of the molecule is CNC(C)(C#N)CCOc1ccccc1C(F)(F)F. The first-order valence-electron chi connectivity index (χ1n) is 5.71. The molecule has 6 heteroatoms. The fourth-order valence-corrected chi connectivity index (χ4v) is 1.43. The molecule has 0 radical (unpaired) electrons. The van der Waals surface area contributed by atoms with Crippen LogP contribution < -0.4 is 10.1 Å². The summed E-state index contributed by atoms with van der Waals surface area (Å²) in [6, 6.07) is 7.07. The highest BCUT2D eigenvalue weighted by molar-refractivity contribution is 5.35. The fourth-order valence-electron chi connectivity index (χ4n) is 1.43. The maximum Gasteiger partial charge on any atom is 0.419 e. The molecule has 1 atom stereocenters. The van der Waals surface area contributed by atoms with E-state index in [1.807, 2.05) is 6.07 Å². The molecule has 0 aliphatic carbocycles. The summed E-state index contributed by atoms with van der Waals surface area (Å²) in [5, 5.41) is 11.7. The zero-order chi connectivity index (χ0) is 14.5. The third-order valence-corrected chi connectivity index (χ3v) is 2.85. The van der Waals surface area contributed by atoms with Crippen LogP contribution in [0.25, 0.3) is 0 Å². The number of para-hydroxylation sites is 1. The molecule has 1 aromatic carbocycles. The van der Waals surface area contributed by atoms with Gasteiger partial charge in [0.25, 0.3) is 0 Å². The average molecular weight is 272 g/mol. The van der Waals surface area contributed by atoms with Crippen molar-refractivity contribution >= 4 is 0 Å². The van der Waals surface area contributed by atoms with Gasteiger partial charge in [-0.2, -0.15) is 18.4 Å². The second kappa shape index (κ2) is 5.93. The summed E-state index contributed by atoms with van der Waals surface area (Å²) in [6.07, 6.45) is -4.16. The van der Waals surface area contributed by atoms with E-state index in [9.17, 15) is 13.2 Å². The van der Waals surface area contributed by atoms with Crippen LogP contribution >= 0.6 is 0 Å². The van der Waals surface area contributed by atoms with Gasteiger partial charge in [-0.1, -0.05) is 12.1 Å². The van der Waals surface area contributed by atoms with Crippen molar-refractivity contribution in [3.8, 4) is 11.8 Å². The topological polar surface area (TPSA) is 45.0 Å². The summed E-state index contributed by atoms with van der Waals surface area (Å²) >= 11 is 0. The third-order valence-electron chi connectivity index (χ3n) is 2.85. The molecule has 3 nitrogen and oxygen atoms in total. The van der Waals surface area contributed by atoms with E-state index >= 15 is 0 Å². The van der Waals surface area contributed by atoms with Crippen LogP contribution in [0.5, 0.6) is 5.75 Å². The minimum Gasteiger partial charge on any atom is -0.493 e. The molecule has 0 spiro atoms. The molecule has 0 saturated carbocycles. The zero-order valence-electron chi connectivity index (χ0n) is 10.7. The predicted octanol–water partition coefficient (Wildman–Crippen LogP) is 2.98. The lowest BCUT2D eigenvalue weighted by Crippen LogP contribution is -2.39. The number of ether oxygens (including phenoxy) is 1. The van der Waals surface area contributed by atoms with E-state index in [1.54, 1.807) is 14.0 Å². The molecule has 0 aromatic heterocycles. The number of hydrogen-bond donors (Lipinski definition) is 1. The van der Waals surface area contributed by atoms with Crippen LogP contribution in [0.4, 0.5) is 13.2 Å². The van der Waals surface area contributed by atoms with Gasteiger partial charge in [0.2, 0.25) is 0 Å². The van der Waals surface area contributed by atoms with Crippen molar-refractivity contribution in [2.75, 3.05) is 13.7 Å². The lowest BCUT2D eigenvalue weighted by atomic mass is 10.0. The van der Waals surface area contributed by atoms with Gasteiger partial charge in [-0.25, -0.2) is 0 Å². The Morgan fingerprint density at radius 3 is 2.47 bits per heavy atom. The number of alkyl halides is 3. The van der Waals surface area contributed by atoms with Gasteiger partial charge >= 0.3 is 6.18 Å². The molecule has 0 aliphatic rings. The molecule has 1 N–H and O–H groups in total. The Labute approximate surface area is 110 Å². The first kappa shape index (κ1) is 15.3. The molecule has 0 amide bonds. The highest BCUT2D eigenvalue weighted by Gasteiger charge is 2.34. The molecule has 104 valence electrons. The van der Waals surface area contributed by atoms with E-state index in [-0.39, 0.29) is 18.8 Å². The Bertz CT molecular complexity index is 468. The Morgan fingerprint density at radius 2 is 1.95 bits per heavy atom. The molecular formula is C13H15F3N2O. The Morgan fingerprint density at radius 1 is 1.32 bits per heavy atom. The van der Waals surface area contributed by atoms with Crippen molar-refractivity contribution < 1.29 is 17.9 Å². The average Bonchev–Trinajstić information content (AvgIpc) is 2.38. The van der Waals surface area contributed by atoms with E-state index < -0.39 is 17.3 Å². The minimum atomic E-state index is -4.45. The summed E-state index contributed by atoms with van der Waals surface area (Å²) in [4.78, 5) is 0. The van der Waals surface area contributed by atoms with Gasteiger partial charge < -0.3 is 10.1 Å². The molecule has 0 saturated heterocycles. The summed E-state index contributed by atoms with van der Waals surface area (Å²) in [5.74, 6) is -0.216. The van der Waals surface area contributed by atoms with Crippen molar-refractivity contribution in [3.63, 3.8) is 0 Å². The van der Waals surface area contributed by atoms with Gasteiger partial charge in [-0.3, -0.25) is 0 Å². The predicted molar refractivity (Wildman–Crippen MR) is 64.6 cm³/mol. The summed E-state index contributed by atoms with van der Waals surface area (Å²) < 4.78 is 43.2. The number of halogens is 3. The number of nitrogens with zero attached hydrogens (tertiary/aromatic N) is 1. The smallest absolute Gasteiger partial charge is 0.419 e. The van der Waals surface area contributed by atoms with Crippen LogP contribution in [0, 0.1) is 11.3 Å². The highest BCUT2D eigenvalue weighted by atomic mass is 19.4. The summed E-state index contributed by atoms with van der Waals surface area (Å²) in [5.41, 5.74) is -1.62. The van der Waals surface area contributed by atoms with Crippen molar-refractivity contribution in [1.82, 2.24) is 5.32 Å². The summed E-state index contributed by atoms with van der Waals surface area (Å²) in [6.45, 7) is 1.68. The van der Waals surface area contributed by atoms with Crippen LogP contribution in [-0.2, 0) is 6.18 Å². The number of benzene rings is 1. The van der Waals surface area contributed by atoms with Crippen molar-refractivity contribution in [3.05, 3.63) is 29.8 Å². The number of nitrogens with one attached hydrogen (secondary N) is 1. The molecule has 0 heterocycles. The second-order valence-electron chi connectivity index (χ2n) is 4.29. The van der Waals surface area contributed by atoms with Crippen LogP contribution in [-0.4, -0.2) is 19.2 Å². The van der Waals surface area contributed by atoms with Crippen molar-refractivity contribution in [2.24, 2.45) is 0 Å². The monoisotopic (exact) mass is 272 g/mol. The van der Waals surface area contributed by atoms with Crippen LogP contribution in [0.2, 0.25) is 0 Å². The molecule has 0 fully saturated rings. The lowest BCUT2D eigenvalue weighted by molar-refractivity contribution is -0.139. The van der Waals surface area contributed by atoms with Crippen LogP contribution in [0.15, 0.2) is 24.3 Å². The van der Waals surface area contributed by atoms with Gasteiger partial charge in [0, 0.05) is 6.42 Å². The minimum absolute atomic E-state index is 0.0258. The largest absolute Gasteiger partial charge is 0.493 e. The molecule has 0 aliphatic heterocycles. The van der Waals surface area contributed by atoms with E-state index in [2.05, 4.69) is 5.32 Å². The molecular weight excluding hydrogens is 257 g/mol. The Hall–Kier alpha value is -1.74. The van der Waals surface area contributed by atoms with Gasteiger partial charge in [0.05, 0.1) is 18.2 Å². The first-order valence-corrected chi connectivity index (χ1v) is 5.71. The summed E-state index contributed by atoms with van der Waals surface area (Å²) in [7, 11) is 1.62. The van der Waals surface area contributed by atoms with Gasteiger partial charge in [-0.15, -0.1) is 0 Å². The maximum atomic E-state index is 12.7. The fraction of sp³-hybridized carbons (Fsp3) is 0.462. The molecule has 1 aromatic rings. The quantitative estimate of drug-likeness (QED) is 0.896. The molecule has 1 rings (SSSR count). The van der Waals surface area contributed by atoms with Crippen LogP contribution in [0.1, 0.15) is 18.9 Å². The van der Waals surface area contributed by atoms with Crippen molar-refractivity contribution in [2.45, 2.75) is 25.1 Å². The Kier molecular flexibility index (Phi) is 4.78. The number of hydrogen-bond acceptors (Lipinski definition) is 3. The standard InChI is InChI=1S/C13H15F3N2O/c1-12(9-17,18-2)7-8-19-11-6-4-3-5-10(11)13(14,15)16/h3-6,18H,7-8H2,1-2H3. The maximum absolute atomic E-state index is 12.7. The van der Waals surface area contributed by atoms with E-state index in [0.717, 1.165) is 6.07 Å². The third kappa shape index (κ3) is 4.14. The van der Waals surface area contributed by atoms with E-state index in [0.29, 0.717) is 0 Å². The lowest BCUT2D eigenvalue weighted by Gasteiger charge is -2.21. The Balaban J connectivity index is 2.72. The zero-order valence-corrected chi connectivity index (χ0v) is 10.7. The normalized spacial score (nSPS) is 14.5. The van der Waals surface area contributed by atoms with Gasteiger partial charge in [-0.05, 0) is 26.1 Å². The van der Waals surface area contributed by atoms with Gasteiger partial charge in [0.1, 0.15) is 11.3 Å². The molecule has 1 unspecified atom stereocenters. The second-order valence-corrected chi connectivity index (χ2v) is 4.29. The van der Waals surface area contributed by atoms with E-state index in [1.165, 1.54) is 18.2 Å². The number of nitriles is 1. The van der Waals surface area contributed by atoms with Crippen LogP contribution in [0.3, 0.4) is 0 Å².